The molecule has 0 spiro atoms. The van der Waals surface area contributed by atoms with Crippen LogP contribution in [-0.2, 0) is 20.9 Å². The number of aryl methyl sites for hydroxylation is 2. The Kier molecular flexibility index (Phi) is 5.92. The van der Waals surface area contributed by atoms with Gasteiger partial charge in [-0.05, 0) is 55.7 Å². The summed E-state index contributed by atoms with van der Waals surface area (Å²) in [6, 6.07) is 11.9. The van der Waals surface area contributed by atoms with Crippen LogP contribution in [0.2, 0.25) is 0 Å². The third kappa shape index (κ3) is 4.59. The van der Waals surface area contributed by atoms with Gasteiger partial charge in [0.25, 0.3) is 0 Å². The maximum absolute atomic E-state index is 12.5. The van der Waals surface area contributed by atoms with Gasteiger partial charge in [0, 0.05) is 18.4 Å². The molecule has 1 heterocycles. The van der Waals surface area contributed by atoms with Gasteiger partial charge in [0.05, 0.1) is 12.1 Å². The van der Waals surface area contributed by atoms with Crippen LogP contribution >= 0.6 is 0 Å². The second-order valence-electron chi connectivity index (χ2n) is 7.28. The fourth-order valence-electron chi connectivity index (χ4n) is 3.14. The Labute approximate surface area is 169 Å². The molecular weight excluding hydrogens is 370 g/mol. The first-order valence-electron chi connectivity index (χ1n) is 9.51. The van der Waals surface area contributed by atoms with Crippen LogP contribution in [-0.4, -0.2) is 34.6 Å². The van der Waals surface area contributed by atoms with Gasteiger partial charge >= 0.3 is 5.97 Å². The van der Waals surface area contributed by atoms with Crippen molar-refractivity contribution in [1.82, 2.24) is 4.90 Å². The van der Waals surface area contributed by atoms with Gasteiger partial charge in [0.15, 0.2) is 6.10 Å². The highest BCUT2D eigenvalue weighted by Crippen LogP contribution is 2.17. The van der Waals surface area contributed by atoms with E-state index in [9.17, 15) is 19.2 Å². The van der Waals surface area contributed by atoms with Crippen molar-refractivity contribution in [3.63, 3.8) is 0 Å². The smallest absolute Gasteiger partial charge is 0.338 e. The van der Waals surface area contributed by atoms with Crippen molar-refractivity contribution in [2.24, 2.45) is 0 Å². The fourth-order valence-corrected chi connectivity index (χ4v) is 3.14. The summed E-state index contributed by atoms with van der Waals surface area (Å²) in [4.78, 5) is 49.5. The number of rotatable bonds is 6. The number of Topliss-reactive ketones (excluding diaryl/α,β-unsaturated/α-hetero) is 1. The molecule has 0 N–H and O–H groups in total. The van der Waals surface area contributed by atoms with E-state index in [0.717, 1.165) is 16.7 Å². The van der Waals surface area contributed by atoms with Gasteiger partial charge in [0.2, 0.25) is 17.6 Å². The van der Waals surface area contributed by atoms with E-state index in [4.69, 9.17) is 4.74 Å². The molecule has 3 rings (SSSR count). The van der Waals surface area contributed by atoms with Crippen LogP contribution < -0.4 is 0 Å². The topological polar surface area (TPSA) is 80.8 Å². The zero-order valence-corrected chi connectivity index (χ0v) is 16.7. The Morgan fingerprint density at radius 3 is 2.10 bits per heavy atom. The molecule has 1 fully saturated rings. The van der Waals surface area contributed by atoms with Crippen molar-refractivity contribution < 1.29 is 23.9 Å². The number of nitrogens with zero attached hydrogens (tertiary/aromatic N) is 1. The molecule has 6 nitrogen and oxygen atoms in total. The molecule has 6 heteroatoms. The number of amides is 2. The van der Waals surface area contributed by atoms with E-state index in [0.29, 0.717) is 11.1 Å². The summed E-state index contributed by atoms with van der Waals surface area (Å²) < 4.78 is 5.32. The van der Waals surface area contributed by atoms with Crippen molar-refractivity contribution in [2.75, 3.05) is 0 Å². The van der Waals surface area contributed by atoms with E-state index in [-0.39, 0.29) is 37.0 Å². The van der Waals surface area contributed by atoms with Crippen molar-refractivity contribution in [2.45, 2.75) is 46.3 Å². The lowest BCUT2D eigenvalue weighted by atomic mass is 10.0. The number of likely N-dealkylation sites (tertiary alicyclic amines) is 1. The lowest BCUT2D eigenvalue weighted by Gasteiger charge is -2.15. The summed E-state index contributed by atoms with van der Waals surface area (Å²) in [7, 11) is 0. The summed E-state index contributed by atoms with van der Waals surface area (Å²) in [5, 5.41) is 0. The van der Waals surface area contributed by atoms with Crippen molar-refractivity contribution in [1.29, 1.82) is 0 Å². The number of hydrogen-bond donors (Lipinski definition) is 0. The average molecular weight is 393 g/mol. The molecule has 29 heavy (non-hydrogen) atoms. The maximum Gasteiger partial charge on any atom is 0.338 e. The SMILES string of the molecule is Cc1ccc(C(=O)C(C)OC(=O)c2ccc(CN3C(=O)CCC3=O)cc2)cc1C. The van der Waals surface area contributed by atoms with E-state index >= 15 is 0 Å². The Hall–Kier alpha value is -3.28. The minimum Gasteiger partial charge on any atom is -0.451 e. The highest BCUT2D eigenvalue weighted by atomic mass is 16.5. The van der Waals surface area contributed by atoms with Gasteiger partial charge < -0.3 is 4.74 Å². The van der Waals surface area contributed by atoms with Gasteiger partial charge in [-0.2, -0.15) is 0 Å². The first kappa shape index (κ1) is 20.5. The van der Waals surface area contributed by atoms with E-state index in [1.54, 1.807) is 43.3 Å². The second-order valence-corrected chi connectivity index (χ2v) is 7.28. The molecule has 2 amide bonds. The number of carbonyl (C=O) groups excluding carboxylic acids is 4. The Bertz CT molecular complexity index is 961. The quantitative estimate of drug-likeness (QED) is 0.427. The van der Waals surface area contributed by atoms with Crippen LogP contribution in [0.1, 0.15) is 57.2 Å². The maximum atomic E-state index is 12.5. The van der Waals surface area contributed by atoms with Crippen LogP contribution in [0.5, 0.6) is 0 Å². The minimum atomic E-state index is -0.913. The van der Waals surface area contributed by atoms with E-state index in [1.807, 2.05) is 19.9 Å². The Morgan fingerprint density at radius 1 is 0.931 bits per heavy atom. The predicted molar refractivity (Wildman–Crippen MR) is 106 cm³/mol. The molecule has 0 bridgehead atoms. The number of hydrogen-bond acceptors (Lipinski definition) is 5. The number of carbonyl (C=O) groups is 4. The number of benzene rings is 2. The van der Waals surface area contributed by atoms with Gasteiger partial charge in [-0.15, -0.1) is 0 Å². The molecule has 0 aliphatic carbocycles. The van der Waals surface area contributed by atoms with Gasteiger partial charge in [-0.3, -0.25) is 19.3 Å². The van der Waals surface area contributed by atoms with E-state index < -0.39 is 12.1 Å². The van der Waals surface area contributed by atoms with Crippen molar-refractivity contribution >= 4 is 23.6 Å². The molecule has 1 saturated heterocycles. The molecule has 2 aromatic rings. The first-order chi connectivity index (χ1) is 13.8. The molecule has 0 radical (unpaired) electrons. The minimum absolute atomic E-state index is 0.183. The highest BCUT2D eigenvalue weighted by Gasteiger charge is 2.28. The largest absolute Gasteiger partial charge is 0.451 e. The number of esters is 1. The van der Waals surface area contributed by atoms with Crippen molar-refractivity contribution in [3.05, 3.63) is 70.3 Å². The zero-order chi connectivity index (χ0) is 21.1. The average Bonchev–Trinajstić information content (AvgIpc) is 3.02. The van der Waals surface area contributed by atoms with Gasteiger partial charge in [-0.25, -0.2) is 4.79 Å². The molecular formula is C23H23NO5. The third-order valence-electron chi connectivity index (χ3n) is 5.13. The van der Waals surface area contributed by atoms with Crippen LogP contribution in [0.3, 0.4) is 0 Å². The lowest BCUT2D eigenvalue weighted by molar-refractivity contribution is -0.139. The Balaban J connectivity index is 1.62. The molecule has 1 unspecified atom stereocenters. The van der Waals surface area contributed by atoms with E-state index in [1.165, 1.54) is 4.90 Å². The first-order valence-corrected chi connectivity index (χ1v) is 9.51. The number of imide groups is 1. The van der Waals surface area contributed by atoms with Crippen LogP contribution in [0.4, 0.5) is 0 Å². The summed E-state index contributed by atoms with van der Waals surface area (Å²) >= 11 is 0. The highest BCUT2D eigenvalue weighted by molar-refractivity contribution is 6.02. The molecule has 0 aromatic heterocycles. The number of ether oxygens (including phenoxy) is 1. The van der Waals surface area contributed by atoms with Crippen LogP contribution in [0, 0.1) is 13.8 Å². The zero-order valence-electron chi connectivity index (χ0n) is 16.7. The molecule has 0 saturated carbocycles. The Morgan fingerprint density at radius 2 is 1.52 bits per heavy atom. The lowest BCUT2D eigenvalue weighted by Crippen LogP contribution is -2.28. The molecule has 2 aromatic carbocycles. The second kappa shape index (κ2) is 8.39. The summed E-state index contributed by atoms with van der Waals surface area (Å²) in [5.74, 6) is -1.23. The molecule has 1 aliphatic heterocycles. The van der Waals surface area contributed by atoms with Gasteiger partial charge in [0.1, 0.15) is 0 Å². The van der Waals surface area contributed by atoms with Crippen LogP contribution in [0.15, 0.2) is 42.5 Å². The molecule has 150 valence electrons. The predicted octanol–water partition coefficient (Wildman–Crippen LogP) is 3.38. The molecule has 1 aliphatic rings. The van der Waals surface area contributed by atoms with E-state index in [2.05, 4.69) is 0 Å². The summed E-state index contributed by atoms with van der Waals surface area (Å²) in [5.41, 5.74) is 3.63. The van der Waals surface area contributed by atoms with Crippen LogP contribution in [0.25, 0.3) is 0 Å². The third-order valence-corrected chi connectivity index (χ3v) is 5.13. The van der Waals surface area contributed by atoms with Gasteiger partial charge in [-0.1, -0.05) is 24.3 Å². The van der Waals surface area contributed by atoms with Crippen molar-refractivity contribution in [3.8, 4) is 0 Å². The number of ketones is 1. The summed E-state index contributed by atoms with van der Waals surface area (Å²) in [6.07, 6.45) is -0.421. The monoisotopic (exact) mass is 393 g/mol. The fraction of sp³-hybridized carbons (Fsp3) is 0.304. The summed E-state index contributed by atoms with van der Waals surface area (Å²) in [6.45, 7) is 5.63. The standard InChI is InChI=1S/C23H23NO5/c1-14-4-7-19(12-15(14)2)22(27)16(3)29-23(28)18-8-5-17(6-9-18)13-24-20(25)10-11-21(24)26/h4-9,12,16H,10-11,13H2,1-3H3. The normalized spacial score (nSPS) is 14.8. The molecule has 1 atom stereocenters.